The summed E-state index contributed by atoms with van der Waals surface area (Å²) in [6.07, 6.45) is 2.53. The minimum absolute atomic E-state index is 0.114. The van der Waals surface area contributed by atoms with E-state index in [2.05, 4.69) is 32.2 Å². The SMILES string of the molecule is CCc1cc(NCc2cc(=O)[nH]c3ccccc23)nc(-c2ccccn2)n1. The number of hydrogen-bond donors (Lipinski definition) is 2. The second-order valence-corrected chi connectivity index (χ2v) is 6.19. The molecule has 134 valence electrons. The zero-order valence-corrected chi connectivity index (χ0v) is 14.9. The molecule has 27 heavy (non-hydrogen) atoms. The lowest BCUT2D eigenvalue weighted by atomic mass is 10.1. The highest BCUT2D eigenvalue weighted by Gasteiger charge is 2.08. The van der Waals surface area contributed by atoms with Crippen LogP contribution in [0.15, 0.2) is 65.6 Å². The summed E-state index contributed by atoms with van der Waals surface area (Å²) in [6, 6.07) is 17.0. The average Bonchev–Trinajstić information content (AvgIpc) is 2.72. The maximum absolute atomic E-state index is 11.9. The zero-order chi connectivity index (χ0) is 18.6. The van der Waals surface area contributed by atoms with E-state index in [1.54, 1.807) is 12.3 Å². The van der Waals surface area contributed by atoms with Crippen LogP contribution >= 0.6 is 0 Å². The molecule has 0 fully saturated rings. The van der Waals surface area contributed by atoms with E-state index in [-0.39, 0.29) is 5.56 Å². The standard InChI is InChI=1S/C21H19N5O/c1-2-15-12-19(26-21(24-15)18-9-5-6-10-22-18)23-13-14-11-20(27)25-17-8-4-3-7-16(14)17/h3-12H,2,13H2,1H3,(H,25,27)(H,23,24,26). The van der Waals surface area contributed by atoms with Crippen molar-refractivity contribution >= 4 is 16.7 Å². The van der Waals surface area contributed by atoms with Gasteiger partial charge in [0.15, 0.2) is 5.82 Å². The molecular formula is C21H19N5O. The Labute approximate surface area is 156 Å². The van der Waals surface area contributed by atoms with E-state index in [1.165, 1.54) is 0 Å². The normalized spacial score (nSPS) is 10.9. The van der Waals surface area contributed by atoms with Gasteiger partial charge in [-0.2, -0.15) is 0 Å². The van der Waals surface area contributed by atoms with Gasteiger partial charge in [-0.25, -0.2) is 9.97 Å². The molecule has 0 atom stereocenters. The Bertz CT molecular complexity index is 1140. The molecule has 0 saturated heterocycles. The van der Waals surface area contributed by atoms with E-state index < -0.39 is 0 Å². The van der Waals surface area contributed by atoms with Gasteiger partial charge in [0.25, 0.3) is 0 Å². The lowest BCUT2D eigenvalue weighted by molar-refractivity contribution is 0.987. The van der Waals surface area contributed by atoms with Crippen molar-refractivity contribution in [1.29, 1.82) is 0 Å². The smallest absolute Gasteiger partial charge is 0.248 e. The quantitative estimate of drug-likeness (QED) is 0.571. The zero-order valence-electron chi connectivity index (χ0n) is 14.9. The second kappa shape index (κ2) is 7.37. The predicted octanol–water partition coefficient (Wildman–Crippen LogP) is 3.55. The summed E-state index contributed by atoms with van der Waals surface area (Å²) in [5.74, 6) is 1.31. The van der Waals surface area contributed by atoms with Crippen molar-refractivity contribution in [2.75, 3.05) is 5.32 Å². The fraction of sp³-hybridized carbons (Fsp3) is 0.143. The Morgan fingerprint density at radius 3 is 2.70 bits per heavy atom. The summed E-state index contributed by atoms with van der Waals surface area (Å²) in [4.78, 5) is 28.3. The first kappa shape index (κ1) is 16.9. The van der Waals surface area contributed by atoms with Crippen LogP contribution in [0.2, 0.25) is 0 Å². The van der Waals surface area contributed by atoms with E-state index >= 15 is 0 Å². The maximum atomic E-state index is 11.9. The number of rotatable bonds is 5. The van der Waals surface area contributed by atoms with E-state index in [0.29, 0.717) is 18.2 Å². The van der Waals surface area contributed by atoms with Gasteiger partial charge < -0.3 is 10.3 Å². The fourth-order valence-corrected chi connectivity index (χ4v) is 2.99. The number of nitrogens with one attached hydrogen (secondary N) is 2. The molecule has 0 aliphatic rings. The molecular weight excluding hydrogens is 338 g/mol. The highest BCUT2D eigenvalue weighted by molar-refractivity contribution is 5.82. The molecule has 0 amide bonds. The number of hydrogen-bond acceptors (Lipinski definition) is 5. The van der Waals surface area contributed by atoms with Gasteiger partial charge in [0.05, 0.1) is 0 Å². The van der Waals surface area contributed by atoms with Gasteiger partial charge in [-0.1, -0.05) is 31.2 Å². The minimum atomic E-state index is -0.114. The summed E-state index contributed by atoms with van der Waals surface area (Å²) in [7, 11) is 0. The molecule has 0 saturated carbocycles. The van der Waals surface area contributed by atoms with Crippen molar-refractivity contribution in [2.24, 2.45) is 0 Å². The Morgan fingerprint density at radius 2 is 1.89 bits per heavy atom. The molecule has 6 heteroatoms. The highest BCUT2D eigenvalue weighted by atomic mass is 16.1. The predicted molar refractivity (Wildman–Crippen MR) is 107 cm³/mol. The molecule has 0 bridgehead atoms. The minimum Gasteiger partial charge on any atom is -0.366 e. The third-order valence-corrected chi connectivity index (χ3v) is 4.33. The van der Waals surface area contributed by atoms with Crippen LogP contribution in [0.25, 0.3) is 22.4 Å². The van der Waals surface area contributed by atoms with Crippen molar-refractivity contribution in [2.45, 2.75) is 19.9 Å². The molecule has 6 nitrogen and oxygen atoms in total. The lowest BCUT2D eigenvalue weighted by Crippen LogP contribution is -2.10. The summed E-state index contributed by atoms with van der Waals surface area (Å²) >= 11 is 0. The number of pyridine rings is 2. The summed E-state index contributed by atoms with van der Waals surface area (Å²) in [5, 5.41) is 4.35. The number of nitrogens with zero attached hydrogens (tertiary/aromatic N) is 3. The average molecular weight is 357 g/mol. The molecule has 3 heterocycles. The molecule has 4 aromatic rings. The number of para-hydroxylation sites is 1. The molecule has 0 aliphatic carbocycles. The lowest BCUT2D eigenvalue weighted by Gasteiger charge is -2.11. The third-order valence-electron chi connectivity index (χ3n) is 4.33. The monoisotopic (exact) mass is 357 g/mol. The first-order chi connectivity index (χ1) is 13.2. The highest BCUT2D eigenvalue weighted by Crippen LogP contribution is 2.19. The van der Waals surface area contributed by atoms with Gasteiger partial charge in [0.2, 0.25) is 5.56 Å². The van der Waals surface area contributed by atoms with E-state index in [4.69, 9.17) is 0 Å². The van der Waals surface area contributed by atoms with Crippen molar-refractivity contribution in [1.82, 2.24) is 19.9 Å². The van der Waals surface area contributed by atoms with Gasteiger partial charge in [0, 0.05) is 41.5 Å². The van der Waals surface area contributed by atoms with Crippen LogP contribution in [0.5, 0.6) is 0 Å². The van der Waals surface area contributed by atoms with Crippen molar-refractivity contribution in [3.63, 3.8) is 0 Å². The first-order valence-electron chi connectivity index (χ1n) is 8.87. The van der Waals surface area contributed by atoms with Gasteiger partial charge >= 0.3 is 0 Å². The van der Waals surface area contributed by atoms with Gasteiger partial charge in [-0.05, 0) is 30.2 Å². The van der Waals surface area contributed by atoms with Crippen LogP contribution < -0.4 is 10.9 Å². The van der Waals surface area contributed by atoms with Crippen molar-refractivity contribution < 1.29 is 0 Å². The van der Waals surface area contributed by atoms with Crippen LogP contribution in [0.3, 0.4) is 0 Å². The second-order valence-electron chi connectivity index (χ2n) is 6.19. The number of aryl methyl sites for hydroxylation is 1. The molecule has 2 N–H and O–H groups in total. The van der Waals surface area contributed by atoms with Crippen molar-refractivity contribution in [3.05, 3.63) is 82.4 Å². The third kappa shape index (κ3) is 3.69. The molecule has 0 radical (unpaired) electrons. The van der Waals surface area contributed by atoms with E-state index in [9.17, 15) is 4.79 Å². The van der Waals surface area contributed by atoms with E-state index in [1.807, 2.05) is 48.5 Å². The first-order valence-corrected chi connectivity index (χ1v) is 8.87. The summed E-state index contributed by atoms with van der Waals surface area (Å²) in [6.45, 7) is 2.55. The Balaban J connectivity index is 1.67. The van der Waals surface area contributed by atoms with Crippen LogP contribution in [0.4, 0.5) is 5.82 Å². The number of aromatic amines is 1. The summed E-state index contributed by atoms with van der Waals surface area (Å²) in [5.41, 5.74) is 3.30. The topological polar surface area (TPSA) is 83.6 Å². The fourth-order valence-electron chi connectivity index (χ4n) is 2.99. The van der Waals surface area contributed by atoms with Crippen LogP contribution in [-0.4, -0.2) is 19.9 Å². The largest absolute Gasteiger partial charge is 0.366 e. The maximum Gasteiger partial charge on any atom is 0.248 e. The van der Waals surface area contributed by atoms with Gasteiger partial charge in [-0.15, -0.1) is 0 Å². The molecule has 0 unspecified atom stereocenters. The number of H-pyrrole nitrogens is 1. The number of aromatic nitrogens is 4. The number of anilines is 1. The summed E-state index contributed by atoms with van der Waals surface area (Å²) < 4.78 is 0. The van der Waals surface area contributed by atoms with Gasteiger partial charge in [-0.3, -0.25) is 9.78 Å². The number of benzene rings is 1. The number of fused-ring (bicyclic) bond motifs is 1. The molecule has 0 aliphatic heterocycles. The van der Waals surface area contributed by atoms with Crippen LogP contribution in [0.1, 0.15) is 18.2 Å². The van der Waals surface area contributed by atoms with Gasteiger partial charge in [0.1, 0.15) is 11.5 Å². The Kier molecular flexibility index (Phi) is 4.61. The molecule has 1 aromatic carbocycles. The Hall–Kier alpha value is -3.54. The van der Waals surface area contributed by atoms with Crippen LogP contribution in [0, 0.1) is 0 Å². The Morgan fingerprint density at radius 1 is 1.04 bits per heavy atom. The van der Waals surface area contributed by atoms with Crippen LogP contribution in [-0.2, 0) is 13.0 Å². The van der Waals surface area contributed by atoms with Crippen molar-refractivity contribution in [3.8, 4) is 11.5 Å². The molecule has 4 rings (SSSR count). The molecule has 3 aromatic heterocycles. The molecule has 0 spiro atoms. The van der Waals surface area contributed by atoms with E-state index in [0.717, 1.165) is 34.3 Å².